The molecule has 1 N–H and O–H groups in total. The van der Waals surface area contributed by atoms with Gasteiger partial charge in [0.05, 0.1) is 21.3 Å². The molecule has 1 rings (SSSR count). The maximum atomic E-state index is 11.0. The highest BCUT2D eigenvalue weighted by molar-refractivity contribution is 7.84. The van der Waals surface area contributed by atoms with Crippen LogP contribution in [0.4, 0.5) is 0 Å². The molecule has 0 saturated heterocycles. The second-order valence-electron chi connectivity index (χ2n) is 4.33. The first-order chi connectivity index (χ1) is 9.62. The Morgan fingerprint density at radius 2 is 1.65 bits per heavy atom. The fourth-order valence-electron chi connectivity index (χ4n) is 1.85. The molecule has 114 valence electrons. The number of hydrogen-bond donors (Lipinski definition) is 1. The summed E-state index contributed by atoms with van der Waals surface area (Å²) in [5.41, 5.74) is 1.00. The van der Waals surface area contributed by atoms with Crippen molar-refractivity contribution in [1.29, 1.82) is 0 Å². The Balaban J connectivity index is 2.66. The van der Waals surface area contributed by atoms with Gasteiger partial charge < -0.3 is 19.5 Å². The fraction of sp³-hybridized carbons (Fsp3) is 0.571. The van der Waals surface area contributed by atoms with E-state index < -0.39 is 10.8 Å². The largest absolute Gasteiger partial charge is 0.496 e. The van der Waals surface area contributed by atoms with E-state index in [1.54, 1.807) is 27.6 Å². The molecule has 1 unspecified atom stereocenters. The first-order valence-corrected chi connectivity index (χ1v) is 8.14. The van der Waals surface area contributed by atoms with Gasteiger partial charge in [-0.1, -0.05) is 0 Å². The van der Waals surface area contributed by atoms with Crippen LogP contribution in [0.15, 0.2) is 12.1 Å². The topological polar surface area (TPSA) is 56.8 Å². The molecule has 1 aromatic carbocycles. The van der Waals surface area contributed by atoms with Gasteiger partial charge in [-0.3, -0.25) is 4.21 Å². The lowest BCUT2D eigenvalue weighted by Gasteiger charge is -2.14. The minimum absolute atomic E-state index is 0.648. The van der Waals surface area contributed by atoms with Crippen LogP contribution in [0.1, 0.15) is 12.0 Å². The average molecular weight is 301 g/mol. The number of hydrogen-bond acceptors (Lipinski definition) is 5. The smallest absolute Gasteiger partial charge is 0.164 e. The van der Waals surface area contributed by atoms with Crippen molar-refractivity contribution in [2.24, 2.45) is 0 Å². The molecule has 1 aromatic rings. The summed E-state index contributed by atoms with van der Waals surface area (Å²) >= 11 is 0. The molecule has 0 radical (unpaired) electrons. The number of benzene rings is 1. The summed E-state index contributed by atoms with van der Waals surface area (Å²) in [6, 6.07) is 3.72. The summed E-state index contributed by atoms with van der Waals surface area (Å²) in [6.45, 7) is 1.48. The van der Waals surface area contributed by atoms with E-state index in [1.807, 2.05) is 12.1 Å². The lowest BCUT2D eigenvalue weighted by Crippen LogP contribution is -2.17. The van der Waals surface area contributed by atoms with Crippen molar-refractivity contribution in [1.82, 2.24) is 5.32 Å². The van der Waals surface area contributed by atoms with Crippen LogP contribution in [0.25, 0.3) is 0 Å². The van der Waals surface area contributed by atoms with Gasteiger partial charge in [0.2, 0.25) is 0 Å². The number of nitrogens with one attached hydrogen (secondary N) is 1. The fourth-order valence-corrected chi connectivity index (χ4v) is 2.40. The molecule has 0 amide bonds. The number of ether oxygens (including phenoxy) is 3. The predicted octanol–water partition coefficient (Wildman–Crippen LogP) is 1.57. The number of rotatable bonds is 9. The van der Waals surface area contributed by atoms with E-state index in [0.29, 0.717) is 18.0 Å². The Bertz CT molecular complexity index is 451. The second-order valence-corrected chi connectivity index (χ2v) is 5.88. The van der Waals surface area contributed by atoms with Crippen molar-refractivity contribution in [2.45, 2.75) is 13.0 Å². The molecular weight excluding hydrogens is 278 g/mol. The van der Waals surface area contributed by atoms with Gasteiger partial charge in [-0.25, -0.2) is 0 Å². The van der Waals surface area contributed by atoms with Crippen LogP contribution in [0, 0.1) is 0 Å². The molecule has 0 fully saturated rings. The van der Waals surface area contributed by atoms with Gasteiger partial charge in [0.15, 0.2) is 11.5 Å². The molecule has 0 aliphatic heterocycles. The van der Waals surface area contributed by atoms with E-state index in [9.17, 15) is 4.21 Å². The second kappa shape index (κ2) is 8.81. The van der Waals surface area contributed by atoms with Crippen LogP contribution in [-0.2, 0) is 17.3 Å². The van der Waals surface area contributed by atoms with Crippen LogP contribution < -0.4 is 19.5 Å². The Morgan fingerprint density at radius 1 is 1.05 bits per heavy atom. The van der Waals surface area contributed by atoms with Crippen molar-refractivity contribution in [3.8, 4) is 17.2 Å². The SMILES string of the molecule is COc1cc(OC)c(OC)cc1CNCCCS(C)=O. The van der Waals surface area contributed by atoms with Crippen molar-refractivity contribution >= 4 is 10.8 Å². The van der Waals surface area contributed by atoms with Crippen LogP contribution in [0.5, 0.6) is 17.2 Å². The zero-order valence-corrected chi connectivity index (χ0v) is 13.3. The normalized spacial score (nSPS) is 12.0. The van der Waals surface area contributed by atoms with Gasteiger partial charge >= 0.3 is 0 Å². The molecule has 0 bridgehead atoms. The molecule has 0 aliphatic rings. The van der Waals surface area contributed by atoms with E-state index in [0.717, 1.165) is 30.0 Å². The van der Waals surface area contributed by atoms with E-state index >= 15 is 0 Å². The zero-order chi connectivity index (χ0) is 15.0. The van der Waals surface area contributed by atoms with Gasteiger partial charge in [-0.15, -0.1) is 0 Å². The Kier molecular flexibility index (Phi) is 7.40. The molecule has 5 nitrogen and oxygen atoms in total. The highest BCUT2D eigenvalue weighted by Crippen LogP contribution is 2.34. The molecule has 0 spiro atoms. The summed E-state index contributed by atoms with van der Waals surface area (Å²) in [6.07, 6.45) is 2.61. The van der Waals surface area contributed by atoms with Crippen molar-refractivity contribution in [3.05, 3.63) is 17.7 Å². The molecule has 0 saturated carbocycles. The van der Waals surface area contributed by atoms with E-state index in [-0.39, 0.29) is 0 Å². The molecular formula is C14H23NO4S. The molecule has 0 aromatic heterocycles. The predicted molar refractivity (Wildman–Crippen MR) is 81.4 cm³/mol. The lowest BCUT2D eigenvalue weighted by atomic mass is 10.1. The minimum atomic E-state index is -0.730. The zero-order valence-electron chi connectivity index (χ0n) is 12.5. The summed E-state index contributed by atoms with van der Waals surface area (Å²) in [5, 5.41) is 3.31. The quantitative estimate of drug-likeness (QED) is 0.702. The van der Waals surface area contributed by atoms with Crippen LogP contribution in [0.2, 0.25) is 0 Å². The first kappa shape index (κ1) is 16.8. The van der Waals surface area contributed by atoms with Gasteiger partial charge in [-0.05, 0) is 19.0 Å². The number of methoxy groups -OCH3 is 3. The van der Waals surface area contributed by atoms with Crippen molar-refractivity contribution in [3.63, 3.8) is 0 Å². The Morgan fingerprint density at radius 3 is 2.20 bits per heavy atom. The van der Waals surface area contributed by atoms with Gasteiger partial charge in [0.1, 0.15) is 5.75 Å². The average Bonchev–Trinajstić information content (AvgIpc) is 2.45. The summed E-state index contributed by atoms with van der Waals surface area (Å²) < 4.78 is 26.9. The first-order valence-electron chi connectivity index (χ1n) is 6.42. The summed E-state index contributed by atoms with van der Waals surface area (Å²) in [7, 11) is 4.11. The van der Waals surface area contributed by atoms with Crippen molar-refractivity contribution < 1.29 is 18.4 Å². The van der Waals surface area contributed by atoms with Crippen LogP contribution >= 0.6 is 0 Å². The van der Waals surface area contributed by atoms with Gasteiger partial charge in [0.25, 0.3) is 0 Å². The summed E-state index contributed by atoms with van der Waals surface area (Å²) in [4.78, 5) is 0. The monoisotopic (exact) mass is 301 g/mol. The van der Waals surface area contributed by atoms with Crippen LogP contribution in [0.3, 0.4) is 0 Å². The molecule has 1 atom stereocenters. The van der Waals surface area contributed by atoms with E-state index in [2.05, 4.69) is 5.32 Å². The molecule has 0 heterocycles. The standard InChI is InChI=1S/C14H23NO4S/c1-17-12-9-14(19-3)13(18-2)8-11(12)10-15-6-5-7-20(4)16/h8-9,15H,5-7,10H2,1-4H3. The summed E-state index contributed by atoms with van der Waals surface area (Å²) in [5.74, 6) is 2.80. The van der Waals surface area contributed by atoms with Gasteiger partial charge in [-0.2, -0.15) is 0 Å². The highest BCUT2D eigenvalue weighted by Gasteiger charge is 2.11. The Hall–Kier alpha value is -1.27. The van der Waals surface area contributed by atoms with E-state index in [4.69, 9.17) is 14.2 Å². The Labute approximate surface area is 123 Å². The van der Waals surface area contributed by atoms with Crippen molar-refractivity contribution in [2.75, 3.05) is 39.9 Å². The third-order valence-corrected chi connectivity index (χ3v) is 3.75. The third kappa shape index (κ3) is 5.02. The van der Waals surface area contributed by atoms with Crippen LogP contribution in [-0.4, -0.2) is 44.1 Å². The molecule has 20 heavy (non-hydrogen) atoms. The third-order valence-electron chi connectivity index (χ3n) is 2.89. The minimum Gasteiger partial charge on any atom is -0.496 e. The van der Waals surface area contributed by atoms with Gasteiger partial charge in [0, 0.05) is 41.0 Å². The maximum Gasteiger partial charge on any atom is 0.164 e. The highest BCUT2D eigenvalue weighted by atomic mass is 32.2. The molecule has 6 heteroatoms. The van der Waals surface area contributed by atoms with E-state index in [1.165, 1.54) is 0 Å². The lowest BCUT2D eigenvalue weighted by molar-refractivity contribution is 0.347. The molecule has 0 aliphatic carbocycles. The maximum absolute atomic E-state index is 11.0.